The van der Waals surface area contributed by atoms with E-state index in [1.807, 2.05) is 20.8 Å². The summed E-state index contributed by atoms with van der Waals surface area (Å²) in [6.45, 7) is 11.8. The zero-order valence-electron chi connectivity index (χ0n) is 18.3. The van der Waals surface area contributed by atoms with E-state index >= 15 is 0 Å². The molecule has 2 atom stereocenters. The lowest BCUT2D eigenvalue weighted by Crippen LogP contribution is -2.43. The highest BCUT2D eigenvalue weighted by molar-refractivity contribution is 5.80. The molecule has 1 N–H and O–H groups in total. The molecular weight excluding hydrogens is 380 g/mol. The summed E-state index contributed by atoms with van der Waals surface area (Å²) >= 11 is 0. The number of amides is 2. The van der Waals surface area contributed by atoms with Gasteiger partial charge >= 0.3 is 18.2 Å². The quantitative estimate of drug-likeness (QED) is 0.691. The maximum Gasteiger partial charge on any atom is 0.411 e. The van der Waals surface area contributed by atoms with Crippen LogP contribution in [0.1, 0.15) is 67.2 Å². The van der Waals surface area contributed by atoms with E-state index in [-0.39, 0.29) is 12.1 Å². The molecule has 0 saturated carbocycles. The van der Waals surface area contributed by atoms with Gasteiger partial charge in [-0.1, -0.05) is 0 Å². The second kappa shape index (κ2) is 9.93. The minimum absolute atomic E-state index is 0.287. The average molecular weight is 414 g/mol. The van der Waals surface area contributed by atoms with Gasteiger partial charge in [-0.05, 0) is 67.2 Å². The number of aliphatic carboxylic acids is 1. The van der Waals surface area contributed by atoms with Crippen LogP contribution in [0.2, 0.25) is 0 Å². The fraction of sp³-hybridized carbons (Fsp3) is 0.800. The summed E-state index contributed by atoms with van der Waals surface area (Å²) in [4.78, 5) is 47.4. The van der Waals surface area contributed by atoms with Crippen LogP contribution >= 0.6 is 0 Å². The Hall–Kier alpha value is -2.32. The Morgan fingerprint density at radius 1 is 0.862 bits per heavy atom. The summed E-state index contributed by atoms with van der Waals surface area (Å²) in [6, 6.07) is -1.01. The molecule has 2 amide bonds. The van der Waals surface area contributed by atoms with Gasteiger partial charge in [0.15, 0.2) is 0 Å². The van der Waals surface area contributed by atoms with Crippen LogP contribution in [0, 0.1) is 0 Å². The van der Waals surface area contributed by atoms with Crippen molar-refractivity contribution in [2.24, 2.45) is 0 Å². The van der Waals surface area contributed by atoms with Gasteiger partial charge in [0, 0.05) is 13.1 Å². The Balaban J connectivity index is 0.000000291. The van der Waals surface area contributed by atoms with E-state index in [0.717, 1.165) is 25.5 Å². The number of aldehydes is 1. The van der Waals surface area contributed by atoms with Gasteiger partial charge in [0.25, 0.3) is 0 Å². The SMILES string of the molecule is CC(C)(C)OC(=O)N1CCC[C@H]1C(=O)O.CC(C)(C)OC(=O)N1CCC[C@H]1C=O. The molecular formula is C20H34N2O7. The molecule has 2 saturated heterocycles. The first-order valence-corrected chi connectivity index (χ1v) is 9.92. The van der Waals surface area contributed by atoms with E-state index in [9.17, 15) is 19.2 Å². The lowest BCUT2D eigenvalue weighted by Gasteiger charge is -2.26. The van der Waals surface area contributed by atoms with Crippen LogP contribution in [0.15, 0.2) is 0 Å². The van der Waals surface area contributed by atoms with Crippen molar-refractivity contribution in [1.82, 2.24) is 9.80 Å². The van der Waals surface area contributed by atoms with Crippen molar-refractivity contribution < 1.29 is 33.8 Å². The number of carboxylic acids is 1. The smallest absolute Gasteiger partial charge is 0.411 e. The minimum Gasteiger partial charge on any atom is -0.480 e. The molecule has 0 spiro atoms. The molecule has 0 aliphatic carbocycles. The molecule has 0 bridgehead atoms. The first kappa shape index (κ1) is 24.7. The molecule has 9 nitrogen and oxygen atoms in total. The Morgan fingerprint density at radius 3 is 1.76 bits per heavy atom. The number of ether oxygens (including phenoxy) is 2. The third kappa shape index (κ3) is 8.29. The molecule has 2 rings (SSSR count). The zero-order chi connectivity index (χ0) is 22.4. The molecule has 29 heavy (non-hydrogen) atoms. The van der Waals surface area contributed by atoms with Crippen molar-refractivity contribution in [1.29, 1.82) is 0 Å². The number of likely N-dealkylation sites (tertiary alicyclic amines) is 2. The van der Waals surface area contributed by atoms with Crippen LogP contribution in [-0.2, 0) is 19.1 Å². The minimum atomic E-state index is -0.960. The average Bonchev–Trinajstić information content (AvgIpc) is 3.21. The van der Waals surface area contributed by atoms with Crippen LogP contribution in [0.4, 0.5) is 9.59 Å². The third-order valence-corrected chi connectivity index (χ3v) is 4.25. The van der Waals surface area contributed by atoms with E-state index in [2.05, 4.69) is 0 Å². The summed E-state index contributed by atoms with van der Waals surface area (Å²) in [6.07, 6.45) is 2.76. The highest BCUT2D eigenvalue weighted by Gasteiger charge is 2.36. The molecule has 0 unspecified atom stereocenters. The van der Waals surface area contributed by atoms with Gasteiger partial charge in [0.1, 0.15) is 23.5 Å². The van der Waals surface area contributed by atoms with Crippen molar-refractivity contribution in [3.8, 4) is 0 Å². The van der Waals surface area contributed by atoms with E-state index in [0.29, 0.717) is 19.5 Å². The number of hydrogen-bond acceptors (Lipinski definition) is 6. The fourth-order valence-electron chi connectivity index (χ4n) is 3.04. The molecule has 0 aromatic heterocycles. The predicted molar refractivity (Wildman–Crippen MR) is 106 cm³/mol. The monoisotopic (exact) mass is 414 g/mol. The Bertz CT molecular complexity index is 607. The first-order valence-electron chi connectivity index (χ1n) is 9.92. The second-order valence-electron chi connectivity index (χ2n) is 9.19. The zero-order valence-corrected chi connectivity index (χ0v) is 18.3. The highest BCUT2D eigenvalue weighted by atomic mass is 16.6. The molecule has 0 aromatic carbocycles. The van der Waals surface area contributed by atoms with Crippen LogP contribution in [0.3, 0.4) is 0 Å². The molecule has 2 aliphatic heterocycles. The number of carbonyl (C=O) groups excluding carboxylic acids is 3. The van der Waals surface area contributed by atoms with E-state index in [1.54, 1.807) is 20.8 Å². The maximum absolute atomic E-state index is 11.6. The van der Waals surface area contributed by atoms with Gasteiger partial charge < -0.3 is 19.4 Å². The predicted octanol–water partition coefficient (Wildman–Crippen LogP) is 3.06. The highest BCUT2D eigenvalue weighted by Crippen LogP contribution is 2.21. The molecule has 9 heteroatoms. The number of rotatable bonds is 2. The number of hydrogen-bond donors (Lipinski definition) is 1. The van der Waals surface area contributed by atoms with E-state index in [4.69, 9.17) is 14.6 Å². The largest absolute Gasteiger partial charge is 0.480 e. The summed E-state index contributed by atoms with van der Waals surface area (Å²) in [5, 5.41) is 8.88. The van der Waals surface area contributed by atoms with Gasteiger partial charge in [-0.2, -0.15) is 0 Å². The lowest BCUT2D eigenvalue weighted by atomic mass is 10.2. The van der Waals surface area contributed by atoms with E-state index < -0.39 is 29.3 Å². The third-order valence-electron chi connectivity index (χ3n) is 4.25. The molecule has 0 aromatic rings. The number of carboxylic acid groups (broad SMARTS) is 1. The molecule has 2 fully saturated rings. The van der Waals surface area contributed by atoms with Gasteiger partial charge in [0.05, 0.1) is 6.04 Å². The van der Waals surface area contributed by atoms with Crippen molar-refractivity contribution in [2.45, 2.75) is 90.5 Å². The molecule has 166 valence electrons. The standard InChI is InChI=1S/C10H17NO4.C10H17NO3/c1-10(2,3)15-9(14)11-6-4-5-7(11)8(12)13;1-10(2,3)14-9(13)11-6-4-5-8(11)7-12/h7H,4-6H2,1-3H3,(H,12,13);7-8H,4-6H2,1-3H3/t7-;8-/m00/s1. The van der Waals surface area contributed by atoms with Crippen LogP contribution < -0.4 is 0 Å². The Labute approximate surface area is 172 Å². The summed E-state index contributed by atoms with van der Waals surface area (Å²) < 4.78 is 10.3. The van der Waals surface area contributed by atoms with Gasteiger partial charge in [-0.25, -0.2) is 14.4 Å². The maximum atomic E-state index is 11.6. The Kier molecular flexibility index (Phi) is 8.47. The second-order valence-corrected chi connectivity index (χ2v) is 9.19. The van der Waals surface area contributed by atoms with Crippen LogP contribution in [0.25, 0.3) is 0 Å². The topological polar surface area (TPSA) is 113 Å². The van der Waals surface area contributed by atoms with Crippen molar-refractivity contribution in [3.63, 3.8) is 0 Å². The van der Waals surface area contributed by atoms with Gasteiger partial charge in [-0.15, -0.1) is 0 Å². The lowest BCUT2D eigenvalue weighted by molar-refractivity contribution is -0.142. The van der Waals surface area contributed by atoms with Crippen molar-refractivity contribution in [3.05, 3.63) is 0 Å². The summed E-state index contributed by atoms with van der Waals surface area (Å²) in [5.41, 5.74) is -1.07. The number of nitrogens with zero attached hydrogens (tertiary/aromatic N) is 2. The van der Waals surface area contributed by atoms with Gasteiger partial charge in [-0.3, -0.25) is 9.80 Å². The number of carbonyl (C=O) groups is 4. The van der Waals surface area contributed by atoms with Crippen molar-refractivity contribution in [2.75, 3.05) is 13.1 Å². The molecule has 0 radical (unpaired) electrons. The fourth-order valence-corrected chi connectivity index (χ4v) is 3.04. The summed E-state index contributed by atoms with van der Waals surface area (Å²) in [5.74, 6) is -0.960. The molecule has 2 aliphatic rings. The van der Waals surface area contributed by atoms with Crippen LogP contribution in [0.5, 0.6) is 0 Å². The van der Waals surface area contributed by atoms with Crippen molar-refractivity contribution >= 4 is 24.4 Å². The normalized spacial score (nSPS) is 21.9. The van der Waals surface area contributed by atoms with Gasteiger partial charge in [0.2, 0.25) is 0 Å². The Morgan fingerprint density at radius 2 is 1.31 bits per heavy atom. The van der Waals surface area contributed by atoms with E-state index in [1.165, 1.54) is 9.80 Å². The van der Waals surface area contributed by atoms with Crippen LogP contribution in [-0.4, -0.2) is 75.7 Å². The molecule has 2 heterocycles. The first-order chi connectivity index (χ1) is 13.2. The summed E-state index contributed by atoms with van der Waals surface area (Å²) in [7, 11) is 0.